The molecule has 0 radical (unpaired) electrons. The summed E-state index contributed by atoms with van der Waals surface area (Å²) in [5, 5.41) is 12.7. The maximum absolute atomic E-state index is 13.2. The number of hydrogen-bond acceptors (Lipinski definition) is 5. The molecule has 20 heavy (non-hydrogen) atoms. The number of halogens is 2. The van der Waals surface area contributed by atoms with Gasteiger partial charge in [0, 0.05) is 5.56 Å². The molecule has 0 atom stereocenters. The number of nitriles is 1. The molecule has 0 bridgehead atoms. The minimum atomic E-state index is -0.352. The molecule has 0 saturated carbocycles. The summed E-state index contributed by atoms with van der Waals surface area (Å²) in [5.74, 6) is 0.356. The first-order chi connectivity index (χ1) is 9.67. The van der Waals surface area contributed by atoms with Gasteiger partial charge in [0.25, 0.3) is 5.89 Å². The Balaban J connectivity index is 1.97. The Kier molecular flexibility index (Phi) is 3.34. The van der Waals surface area contributed by atoms with Gasteiger partial charge in [-0.2, -0.15) is 10.2 Å². The van der Waals surface area contributed by atoms with Gasteiger partial charge in [0.15, 0.2) is 0 Å². The molecule has 0 amide bonds. The summed E-state index contributed by atoms with van der Waals surface area (Å²) in [5.41, 5.74) is 0.644. The summed E-state index contributed by atoms with van der Waals surface area (Å²) in [6.07, 6.45) is 0. The number of rotatable bonds is 2. The predicted octanol–water partition coefficient (Wildman–Crippen LogP) is 4.24. The highest BCUT2D eigenvalue weighted by Gasteiger charge is 2.13. The highest BCUT2D eigenvalue weighted by atomic mass is 79.9. The SMILES string of the molecule is N#Cc1ccc(-c2nc(-c3ccc(F)c(Br)c3)no2)s1. The van der Waals surface area contributed by atoms with E-state index in [4.69, 9.17) is 9.78 Å². The quantitative estimate of drug-likeness (QED) is 0.694. The van der Waals surface area contributed by atoms with Crippen LogP contribution in [0.1, 0.15) is 4.88 Å². The fraction of sp³-hybridized carbons (Fsp3) is 0. The zero-order valence-electron chi connectivity index (χ0n) is 9.80. The third-order valence-corrected chi connectivity index (χ3v) is 4.12. The van der Waals surface area contributed by atoms with Crippen LogP contribution < -0.4 is 0 Å². The minimum Gasteiger partial charge on any atom is -0.333 e. The van der Waals surface area contributed by atoms with Crippen molar-refractivity contribution in [3.63, 3.8) is 0 Å². The van der Waals surface area contributed by atoms with Gasteiger partial charge in [0.05, 0.1) is 9.35 Å². The van der Waals surface area contributed by atoms with Gasteiger partial charge >= 0.3 is 0 Å². The van der Waals surface area contributed by atoms with Crippen LogP contribution in [-0.4, -0.2) is 10.1 Å². The topological polar surface area (TPSA) is 62.7 Å². The molecule has 3 rings (SSSR count). The van der Waals surface area contributed by atoms with Gasteiger partial charge in [0.2, 0.25) is 5.82 Å². The van der Waals surface area contributed by atoms with E-state index in [9.17, 15) is 4.39 Å². The normalized spacial score (nSPS) is 10.4. The molecule has 0 aliphatic rings. The second-order valence-corrected chi connectivity index (χ2v) is 5.77. The number of benzene rings is 1. The molecule has 0 N–H and O–H groups in total. The standard InChI is InChI=1S/C13H5BrFN3OS/c14-9-5-7(1-3-10(9)15)12-17-13(19-18-12)11-4-2-8(6-16)20-11/h1-5H. The first-order valence-corrected chi connectivity index (χ1v) is 7.08. The van der Waals surface area contributed by atoms with Crippen LogP contribution in [0.3, 0.4) is 0 Å². The van der Waals surface area contributed by atoms with Crippen LogP contribution in [0.25, 0.3) is 22.2 Å². The highest BCUT2D eigenvalue weighted by Crippen LogP contribution is 2.29. The average Bonchev–Trinajstić information content (AvgIpc) is 3.09. The Labute approximate surface area is 125 Å². The largest absolute Gasteiger partial charge is 0.333 e. The molecule has 1 aromatic carbocycles. The molecular formula is C13H5BrFN3OS. The molecule has 2 heterocycles. The van der Waals surface area contributed by atoms with E-state index in [0.29, 0.717) is 26.6 Å². The second kappa shape index (κ2) is 5.15. The summed E-state index contributed by atoms with van der Waals surface area (Å²) >= 11 is 4.39. The van der Waals surface area contributed by atoms with Crippen LogP contribution in [0.4, 0.5) is 4.39 Å². The van der Waals surface area contributed by atoms with Gasteiger partial charge in [-0.3, -0.25) is 0 Å². The van der Waals surface area contributed by atoms with Crippen molar-refractivity contribution in [2.45, 2.75) is 0 Å². The van der Waals surface area contributed by atoms with Gasteiger partial charge in [-0.05, 0) is 46.3 Å². The van der Waals surface area contributed by atoms with Gasteiger partial charge < -0.3 is 4.52 Å². The molecular weight excluding hydrogens is 345 g/mol. The van der Waals surface area contributed by atoms with E-state index in [1.807, 2.05) is 0 Å². The Bertz CT molecular complexity index is 821. The molecule has 0 unspecified atom stereocenters. The van der Waals surface area contributed by atoms with Gasteiger partial charge in [-0.25, -0.2) is 4.39 Å². The summed E-state index contributed by atoms with van der Waals surface area (Å²) in [7, 11) is 0. The van der Waals surface area contributed by atoms with Crippen molar-refractivity contribution in [1.82, 2.24) is 10.1 Å². The smallest absolute Gasteiger partial charge is 0.268 e. The first kappa shape index (κ1) is 13.0. The fourth-order valence-corrected chi connectivity index (χ4v) is 2.69. The number of hydrogen-bond donors (Lipinski definition) is 0. The Morgan fingerprint density at radius 1 is 1.30 bits per heavy atom. The van der Waals surface area contributed by atoms with E-state index in [1.54, 1.807) is 24.3 Å². The summed E-state index contributed by atoms with van der Waals surface area (Å²) in [6.45, 7) is 0. The fourth-order valence-electron chi connectivity index (χ4n) is 1.59. The molecule has 98 valence electrons. The van der Waals surface area contributed by atoms with E-state index in [-0.39, 0.29) is 5.82 Å². The van der Waals surface area contributed by atoms with Crippen LogP contribution in [0.15, 0.2) is 39.3 Å². The highest BCUT2D eigenvalue weighted by molar-refractivity contribution is 9.10. The summed E-state index contributed by atoms with van der Waals surface area (Å²) in [4.78, 5) is 5.55. The molecule has 0 aliphatic heterocycles. The molecule has 0 spiro atoms. The predicted molar refractivity (Wildman–Crippen MR) is 75.4 cm³/mol. The van der Waals surface area contributed by atoms with E-state index in [1.165, 1.54) is 17.4 Å². The Hall–Kier alpha value is -2.04. The van der Waals surface area contributed by atoms with Crippen molar-refractivity contribution in [3.8, 4) is 28.2 Å². The van der Waals surface area contributed by atoms with Crippen molar-refractivity contribution in [1.29, 1.82) is 5.26 Å². The van der Waals surface area contributed by atoms with Crippen molar-refractivity contribution >= 4 is 27.3 Å². The number of thiophene rings is 1. The molecule has 2 aromatic heterocycles. The van der Waals surface area contributed by atoms with E-state index in [0.717, 1.165) is 4.88 Å². The van der Waals surface area contributed by atoms with Crippen molar-refractivity contribution in [3.05, 3.63) is 45.5 Å². The van der Waals surface area contributed by atoms with Crippen LogP contribution in [0, 0.1) is 17.1 Å². The van der Waals surface area contributed by atoms with Crippen LogP contribution in [0.5, 0.6) is 0 Å². The summed E-state index contributed by atoms with van der Waals surface area (Å²) in [6, 6.07) is 9.98. The molecule has 0 saturated heterocycles. The molecule has 0 fully saturated rings. The lowest BCUT2D eigenvalue weighted by Crippen LogP contribution is -1.83. The second-order valence-electron chi connectivity index (χ2n) is 3.83. The molecule has 0 aliphatic carbocycles. The van der Waals surface area contributed by atoms with Crippen LogP contribution >= 0.6 is 27.3 Å². The lowest BCUT2D eigenvalue weighted by molar-refractivity contribution is 0.433. The lowest BCUT2D eigenvalue weighted by atomic mass is 10.2. The third-order valence-electron chi connectivity index (χ3n) is 2.53. The molecule has 3 aromatic rings. The van der Waals surface area contributed by atoms with Crippen LogP contribution in [-0.2, 0) is 0 Å². The van der Waals surface area contributed by atoms with Crippen molar-refractivity contribution in [2.75, 3.05) is 0 Å². The number of aromatic nitrogens is 2. The van der Waals surface area contributed by atoms with E-state index < -0.39 is 0 Å². The van der Waals surface area contributed by atoms with Crippen molar-refractivity contribution in [2.24, 2.45) is 0 Å². The third kappa shape index (κ3) is 2.35. The Morgan fingerprint density at radius 2 is 2.15 bits per heavy atom. The average molecular weight is 350 g/mol. The lowest BCUT2D eigenvalue weighted by Gasteiger charge is -1.96. The van der Waals surface area contributed by atoms with Gasteiger partial charge in [0.1, 0.15) is 16.8 Å². The van der Waals surface area contributed by atoms with Gasteiger partial charge in [-0.15, -0.1) is 11.3 Å². The van der Waals surface area contributed by atoms with Crippen molar-refractivity contribution < 1.29 is 8.91 Å². The maximum Gasteiger partial charge on any atom is 0.268 e. The van der Waals surface area contributed by atoms with Crippen LogP contribution in [0.2, 0.25) is 0 Å². The van der Waals surface area contributed by atoms with E-state index in [2.05, 4.69) is 32.1 Å². The molecule has 4 nitrogen and oxygen atoms in total. The van der Waals surface area contributed by atoms with Gasteiger partial charge in [-0.1, -0.05) is 5.16 Å². The zero-order chi connectivity index (χ0) is 14.1. The number of nitrogens with zero attached hydrogens (tertiary/aromatic N) is 3. The van der Waals surface area contributed by atoms with E-state index >= 15 is 0 Å². The first-order valence-electron chi connectivity index (χ1n) is 5.47. The Morgan fingerprint density at radius 3 is 2.85 bits per heavy atom. The zero-order valence-corrected chi connectivity index (χ0v) is 12.2. The summed E-state index contributed by atoms with van der Waals surface area (Å²) < 4.78 is 18.7. The minimum absolute atomic E-state index is 0.337. The maximum atomic E-state index is 13.2. The molecule has 7 heteroatoms. The monoisotopic (exact) mass is 349 g/mol.